The van der Waals surface area contributed by atoms with Crippen molar-refractivity contribution in [3.8, 4) is 11.3 Å². The lowest BCUT2D eigenvalue weighted by molar-refractivity contribution is 0.486. The second kappa shape index (κ2) is 5.76. The van der Waals surface area contributed by atoms with Gasteiger partial charge in [-0.3, -0.25) is 0 Å². The molecule has 0 saturated carbocycles. The van der Waals surface area contributed by atoms with Crippen molar-refractivity contribution in [3.05, 3.63) is 58.7 Å². The maximum Gasteiger partial charge on any atom is 0.115 e. The molecule has 0 amide bonds. The lowest BCUT2D eigenvalue weighted by atomic mass is 10.0. The first-order valence-corrected chi connectivity index (χ1v) is 6.92. The highest BCUT2D eigenvalue weighted by atomic mass is 35.5. The zero-order valence-electron chi connectivity index (χ0n) is 11.2. The number of alkyl halides is 1. The van der Waals surface area contributed by atoms with Crippen molar-refractivity contribution in [2.45, 2.75) is 13.2 Å². The Kier molecular flexibility index (Phi) is 3.82. The van der Waals surface area contributed by atoms with Gasteiger partial charge in [0.05, 0.1) is 21.9 Å². The third-order valence-corrected chi connectivity index (χ3v) is 3.63. The number of fused-ring (bicyclic) bond motifs is 1. The van der Waals surface area contributed by atoms with Gasteiger partial charge < -0.3 is 5.73 Å². The van der Waals surface area contributed by atoms with Gasteiger partial charge in [-0.1, -0.05) is 41.9 Å². The Morgan fingerprint density at radius 1 is 1.05 bits per heavy atom. The summed E-state index contributed by atoms with van der Waals surface area (Å²) in [4.78, 5) is 9.10. The number of nitrogens with zero attached hydrogens (tertiary/aromatic N) is 2. The predicted octanol–water partition coefficient (Wildman–Crippen LogP) is 3.88. The van der Waals surface area contributed by atoms with E-state index in [0.29, 0.717) is 38.6 Å². The Morgan fingerprint density at radius 2 is 1.86 bits per heavy atom. The molecule has 0 saturated heterocycles. The van der Waals surface area contributed by atoms with Crippen molar-refractivity contribution >= 4 is 22.6 Å². The van der Waals surface area contributed by atoms with Crippen LogP contribution in [0.5, 0.6) is 0 Å². The van der Waals surface area contributed by atoms with E-state index in [2.05, 4.69) is 9.97 Å². The van der Waals surface area contributed by atoms with Crippen molar-refractivity contribution < 1.29 is 4.39 Å². The molecule has 3 aromatic rings. The molecule has 1 aromatic heterocycles. The lowest BCUT2D eigenvalue weighted by Crippen LogP contribution is -2.06. The van der Waals surface area contributed by atoms with Crippen LogP contribution in [-0.4, -0.2) is 9.97 Å². The molecular weight excluding hydrogens is 289 g/mol. The van der Waals surface area contributed by atoms with Gasteiger partial charge >= 0.3 is 0 Å². The Morgan fingerprint density at radius 3 is 2.62 bits per heavy atom. The van der Waals surface area contributed by atoms with Crippen LogP contribution < -0.4 is 5.73 Å². The Bertz CT molecular complexity index is 805. The van der Waals surface area contributed by atoms with Crippen LogP contribution in [0.1, 0.15) is 11.3 Å². The summed E-state index contributed by atoms with van der Waals surface area (Å²) < 4.78 is 13.2. The fraction of sp³-hybridized carbons (Fsp3) is 0.125. The van der Waals surface area contributed by atoms with Crippen LogP contribution >= 0.6 is 11.6 Å². The number of hydrogen-bond donors (Lipinski definition) is 1. The molecule has 0 aliphatic carbocycles. The topological polar surface area (TPSA) is 51.8 Å². The highest BCUT2D eigenvalue weighted by Crippen LogP contribution is 2.29. The third kappa shape index (κ3) is 2.48. The van der Waals surface area contributed by atoms with Crippen LogP contribution in [0, 0.1) is 0 Å². The number of para-hydroxylation sites is 1. The van der Waals surface area contributed by atoms with E-state index < -0.39 is 6.67 Å². The van der Waals surface area contributed by atoms with E-state index in [0.717, 1.165) is 0 Å². The maximum absolute atomic E-state index is 13.2. The van der Waals surface area contributed by atoms with Crippen LogP contribution in [0.15, 0.2) is 42.5 Å². The molecule has 2 N–H and O–H groups in total. The average Bonchev–Trinajstić information content (AvgIpc) is 2.54. The minimum Gasteiger partial charge on any atom is -0.325 e. The second-order valence-electron chi connectivity index (χ2n) is 4.62. The van der Waals surface area contributed by atoms with Gasteiger partial charge in [0.15, 0.2) is 0 Å². The van der Waals surface area contributed by atoms with Crippen LogP contribution in [0.25, 0.3) is 22.3 Å². The summed E-state index contributed by atoms with van der Waals surface area (Å²) in [5, 5.41) is 0.516. The van der Waals surface area contributed by atoms with Gasteiger partial charge in [0.25, 0.3) is 0 Å². The summed E-state index contributed by atoms with van der Waals surface area (Å²) in [5.41, 5.74) is 9.55. The van der Waals surface area contributed by atoms with Crippen LogP contribution in [0.2, 0.25) is 5.02 Å². The molecular formula is C16H13ClFN3. The molecule has 3 nitrogen and oxygen atoms in total. The maximum atomic E-state index is 13.2. The van der Waals surface area contributed by atoms with E-state index in [1.807, 2.05) is 24.3 Å². The summed E-state index contributed by atoms with van der Waals surface area (Å²) in [5.74, 6) is 0. The molecule has 0 bridgehead atoms. The monoisotopic (exact) mass is 301 g/mol. The van der Waals surface area contributed by atoms with Crippen molar-refractivity contribution in [1.82, 2.24) is 9.97 Å². The molecule has 5 heteroatoms. The van der Waals surface area contributed by atoms with Crippen molar-refractivity contribution in [2.24, 2.45) is 5.73 Å². The number of nitrogens with two attached hydrogens (primary N) is 1. The minimum atomic E-state index is -0.567. The summed E-state index contributed by atoms with van der Waals surface area (Å²) >= 11 is 6.18. The van der Waals surface area contributed by atoms with Gasteiger partial charge in [0, 0.05) is 12.1 Å². The van der Waals surface area contributed by atoms with Crippen LogP contribution in [0.3, 0.4) is 0 Å². The zero-order chi connectivity index (χ0) is 14.8. The molecule has 3 rings (SSSR count). The SMILES string of the molecule is NCc1nc2cccc(Cl)c2nc1-c1ccccc1CF. The highest BCUT2D eigenvalue weighted by Gasteiger charge is 2.14. The summed E-state index contributed by atoms with van der Waals surface area (Å²) in [6.07, 6.45) is 0. The molecule has 0 unspecified atom stereocenters. The first-order chi connectivity index (χ1) is 10.2. The first-order valence-electron chi connectivity index (χ1n) is 6.54. The Balaban J connectivity index is 2.33. The fourth-order valence-electron chi connectivity index (χ4n) is 2.31. The van der Waals surface area contributed by atoms with E-state index >= 15 is 0 Å². The van der Waals surface area contributed by atoms with Gasteiger partial charge in [-0.05, 0) is 17.7 Å². The van der Waals surface area contributed by atoms with Gasteiger partial charge in [-0.15, -0.1) is 0 Å². The molecule has 0 spiro atoms. The summed E-state index contributed by atoms with van der Waals surface area (Å²) in [7, 11) is 0. The molecule has 0 aliphatic rings. The van der Waals surface area contributed by atoms with E-state index in [4.69, 9.17) is 17.3 Å². The average molecular weight is 302 g/mol. The number of rotatable bonds is 3. The van der Waals surface area contributed by atoms with Crippen LogP contribution in [-0.2, 0) is 13.2 Å². The minimum absolute atomic E-state index is 0.228. The quantitative estimate of drug-likeness (QED) is 0.799. The van der Waals surface area contributed by atoms with Crippen molar-refractivity contribution in [3.63, 3.8) is 0 Å². The standard InChI is InChI=1S/C16H13ClFN3/c17-12-6-3-7-13-16(12)21-15(14(9-19)20-13)11-5-2-1-4-10(11)8-18/h1-7H,8-9,19H2. The van der Waals surface area contributed by atoms with Crippen molar-refractivity contribution in [1.29, 1.82) is 0 Å². The number of benzene rings is 2. The van der Waals surface area contributed by atoms with Gasteiger partial charge in [0.2, 0.25) is 0 Å². The van der Waals surface area contributed by atoms with Crippen molar-refractivity contribution in [2.75, 3.05) is 0 Å². The summed E-state index contributed by atoms with van der Waals surface area (Å²) in [6.45, 7) is -0.339. The molecule has 21 heavy (non-hydrogen) atoms. The number of halogens is 2. The predicted molar refractivity (Wildman–Crippen MR) is 82.7 cm³/mol. The molecule has 1 heterocycles. The van der Waals surface area contributed by atoms with E-state index in [1.54, 1.807) is 18.2 Å². The molecule has 0 aliphatic heterocycles. The summed E-state index contributed by atoms with van der Waals surface area (Å²) in [6, 6.07) is 12.6. The van der Waals surface area contributed by atoms with E-state index in [9.17, 15) is 4.39 Å². The molecule has 0 radical (unpaired) electrons. The smallest absolute Gasteiger partial charge is 0.115 e. The number of hydrogen-bond acceptors (Lipinski definition) is 3. The molecule has 106 valence electrons. The largest absolute Gasteiger partial charge is 0.325 e. The third-order valence-electron chi connectivity index (χ3n) is 3.33. The molecule has 0 fully saturated rings. The Hall–Kier alpha value is -2.04. The normalized spacial score (nSPS) is 11.0. The van der Waals surface area contributed by atoms with Gasteiger partial charge in [0.1, 0.15) is 12.2 Å². The first kappa shape index (κ1) is 13.9. The highest BCUT2D eigenvalue weighted by molar-refractivity contribution is 6.34. The molecule has 0 atom stereocenters. The van der Waals surface area contributed by atoms with E-state index in [1.165, 1.54) is 0 Å². The Labute approximate surface area is 126 Å². The number of aromatic nitrogens is 2. The van der Waals surface area contributed by atoms with Gasteiger partial charge in [-0.2, -0.15) is 0 Å². The lowest BCUT2D eigenvalue weighted by Gasteiger charge is -2.11. The molecule has 2 aromatic carbocycles. The zero-order valence-corrected chi connectivity index (χ0v) is 11.9. The van der Waals surface area contributed by atoms with Gasteiger partial charge in [-0.25, -0.2) is 14.4 Å². The fourth-order valence-corrected chi connectivity index (χ4v) is 2.52. The van der Waals surface area contributed by atoms with Crippen LogP contribution in [0.4, 0.5) is 4.39 Å². The van der Waals surface area contributed by atoms with E-state index in [-0.39, 0.29) is 6.54 Å². The second-order valence-corrected chi connectivity index (χ2v) is 5.03.